The predicted molar refractivity (Wildman–Crippen MR) is 124 cm³/mol. The Kier molecular flexibility index (Phi) is 4.51. The zero-order valence-corrected chi connectivity index (χ0v) is 18.2. The summed E-state index contributed by atoms with van der Waals surface area (Å²) in [5, 5.41) is 9.56. The minimum atomic E-state index is -0.396. The minimum absolute atomic E-state index is 0.186. The van der Waals surface area contributed by atoms with Gasteiger partial charge in [-0.15, -0.1) is 0 Å². The number of urea groups is 1. The van der Waals surface area contributed by atoms with E-state index in [1.54, 1.807) is 17.4 Å². The molecule has 5 aromatic rings. The van der Waals surface area contributed by atoms with Crippen LogP contribution in [0.4, 0.5) is 16.3 Å². The van der Waals surface area contributed by atoms with Crippen LogP contribution >= 0.6 is 11.3 Å². The molecule has 3 aromatic heterocycles. The fourth-order valence-corrected chi connectivity index (χ4v) is 4.36. The Hall–Kier alpha value is -3.65. The van der Waals surface area contributed by atoms with Gasteiger partial charge in [0.15, 0.2) is 10.8 Å². The highest BCUT2D eigenvalue weighted by atomic mass is 32.1. The Balaban J connectivity index is 1.41. The number of carbonyl (C=O) groups is 1. The summed E-state index contributed by atoms with van der Waals surface area (Å²) in [6, 6.07) is 17.1. The van der Waals surface area contributed by atoms with Gasteiger partial charge in [-0.2, -0.15) is 0 Å². The number of rotatable bonds is 3. The smallest absolute Gasteiger partial charge is 0.324 e. The van der Waals surface area contributed by atoms with Crippen LogP contribution in [-0.2, 0) is 5.41 Å². The van der Waals surface area contributed by atoms with Crippen LogP contribution < -0.4 is 10.6 Å². The van der Waals surface area contributed by atoms with Crippen molar-refractivity contribution in [2.75, 3.05) is 10.6 Å². The predicted octanol–water partition coefficient (Wildman–Crippen LogP) is 6.15. The van der Waals surface area contributed by atoms with Crippen molar-refractivity contribution in [1.82, 2.24) is 14.5 Å². The number of thiazole rings is 1. The summed E-state index contributed by atoms with van der Waals surface area (Å²) < 4.78 is 8.59. The van der Waals surface area contributed by atoms with Gasteiger partial charge in [0.25, 0.3) is 0 Å². The third kappa shape index (κ3) is 3.66. The second-order valence-electron chi connectivity index (χ2n) is 8.30. The zero-order chi connectivity index (χ0) is 21.6. The lowest BCUT2D eigenvalue weighted by Gasteiger charge is -2.12. The topological polar surface area (TPSA) is 84.5 Å². The first-order chi connectivity index (χ1) is 14.9. The molecule has 0 aliphatic rings. The molecule has 0 aliphatic carbocycles. The first-order valence-electron chi connectivity index (χ1n) is 9.90. The van der Waals surface area contributed by atoms with Gasteiger partial charge in [0, 0.05) is 23.2 Å². The molecule has 5 rings (SSSR count). The second kappa shape index (κ2) is 7.24. The molecule has 2 amide bonds. The van der Waals surface area contributed by atoms with Crippen LogP contribution in [0.5, 0.6) is 0 Å². The lowest BCUT2D eigenvalue weighted by Crippen LogP contribution is -2.20. The van der Waals surface area contributed by atoms with E-state index in [2.05, 4.69) is 32.3 Å². The first-order valence-corrected chi connectivity index (χ1v) is 10.7. The summed E-state index contributed by atoms with van der Waals surface area (Å²) in [4.78, 5) is 18.3. The van der Waals surface area contributed by atoms with E-state index >= 15 is 0 Å². The number of nitrogens with zero attached hydrogens (tertiary/aromatic N) is 3. The van der Waals surface area contributed by atoms with E-state index < -0.39 is 6.03 Å². The van der Waals surface area contributed by atoms with E-state index in [0.717, 1.165) is 21.7 Å². The molecule has 156 valence electrons. The number of amides is 2. The Morgan fingerprint density at radius 2 is 1.84 bits per heavy atom. The molecule has 0 radical (unpaired) electrons. The number of imidazole rings is 1. The summed E-state index contributed by atoms with van der Waals surface area (Å²) in [7, 11) is 0. The highest BCUT2D eigenvalue weighted by Crippen LogP contribution is 2.32. The lowest BCUT2D eigenvalue weighted by molar-refractivity contribution is 0.262. The van der Waals surface area contributed by atoms with Gasteiger partial charge in [0.05, 0.1) is 21.6 Å². The molecule has 7 nitrogen and oxygen atoms in total. The molecule has 0 unspecified atom stereocenters. The van der Waals surface area contributed by atoms with Gasteiger partial charge in [-0.3, -0.25) is 9.72 Å². The normalized spacial score (nSPS) is 11.8. The average molecular weight is 432 g/mol. The molecule has 0 saturated heterocycles. The minimum Gasteiger partial charge on any atom is -0.359 e. The van der Waals surface area contributed by atoms with Crippen LogP contribution in [-0.4, -0.2) is 20.6 Å². The number of nitrogens with one attached hydrogen (secondary N) is 2. The highest BCUT2D eigenvalue weighted by molar-refractivity contribution is 7.23. The standard InChI is InChI=1S/C23H21N5O2S/c1-23(2,3)19-12-20(27-30-19)26-21(29)24-15-9-5-4-8-14(15)16-13-28-17-10-6-7-11-18(17)31-22(28)25-16/h4-13H,1-3H3,(H2,24,26,27,29). The number of aromatic nitrogens is 3. The molecular formula is C23H21N5O2S. The Bertz CT molecular complexity index is 1410. The number of fused-ring (bicyclic) bond motifs is 3. The van der Waals surface area contributed by atoms with Crippen molar-refractivity contribution in [3.8, 4) is 11.3 Å². The average Bonchev–Trinajstić information content (AvgIpc) is 3.42. The Morgan fingerprint density at radius 3 is 2.65 bits per heavy atom. The fraction of sp³-hybridized carbons (Fsp3) is 0.174. The summed E-state index contributed by atoms with van der Waals surface area (Å²) in [6.45, 7) is 6.06. The molecule has 0 bridgehead atoms. The molecule has 0 aliphatic heterocycles. The second-order valence-corrected chi connectivity index (χ2v) is 9.31. The summed E-state index contributed by atoms with van der Waals surface area (Å²) in [5.74, 6) is 1.07. The van der Waals surface area contributed by atoms with Gasteiger partial charge >= 0.3 is 6.03 Å². The Labute approximate surface area is 182 Å². The number of hydrogen-bond acceptors (Lipinski definition) is 5. The highest BCUT2D eigenvalue weighted by Gasteiger charge is 2.20. The Morgan fingerprint density at radius 1 is 1.06 bits per heavy atom. The van der Waals surface area contributed by atoms with E-state index in [0.29, 0.717) is 17.3 Å². The molecule has 0 fully saturated rings. The van der Waals surface area contributed by atoms with Gasteiger partial charge in [0.2, 0.25) is 0 Å². The van der Waals surface area contributed by atoms with E-state index in [1.165, 1.54) is 4.70 Å². The van der Waals surface area contributed by atoms with Gasteiger partial charge in [-0.1, -0.05) is 67.6 Å². The summed E-state index contributed by atoms with van der Waals surface area (Å²) in [6.07, 6.45) is 2.00. The van der Waals surface area contributed by atoms with Crippen LogP contribution in [0.15, 0.2) is 65.3 Å². The van der Waals surface area contributed by atoms with Crippen molar-refractivity contribution in [2.24, 2.45) is 0 Å². The maximum atomic E-state index is 12.6. The van der Waals surface area contributed by atoms with Crippen molar-refractivity contribution in [1.29, 1.82) is 0 Å². The largest absolute Gasteiger partial charge is 0.359 e. The van der Waals surface area contributed by atoms with Crippen LogP contribution in [0.1, 0.15) is 26.5 Å². The summed E-state index contributed by atoms with van der Waals surface area (Å²) >= 11 is 1.64. The molecule has 2 N–H and O–H groups in total. The van der Waals surface area contributed by atoms with Crippen molar-refractivity contribution < 1.29 is 9.32 Å². The number of anilines is 2. The monoisotopic (exact) mass is 431 g/mol. The van der Waals surface area contributed by atoms with Gasteiger partial charge in [-0.05, 0) is 18.2 Å². The lowest BCUT2D eigenvalue weighted by atomic mass is 9.93. The molecule has 0 atom stereocenters. The fourth-order valence-electron chi connectivity index (χ4n) is 3.35. The van der Waals surface area contributed by atoms with Crippen LogP contribution in [0.25, 0.3) is 26.4 Å². The summed E-state index contributed by atoms with van der Waals surface area (Å²) in [5.41, 5.74) is 3.23. The SMILES string of the molecule is CC(C)(C)c1cc(NC(=O)Nc2ccccc2-c2cn3c(n2)sc2ccccc23)no1. The van der Waals surface area contributed by atoms with Crippen molar-refractivity contribution in [3.05, 3.63) is 66.6 Å². The molecule has 3 heterocycles. The van der Waals surface area contributed by atoms with Crippen LogP contribution in [0.2, 0.25) is 0 Å². The third-order valence-corrected chi connectivity index (χ3v) is 5.98. The van der Waals surface area contributed by atoms with Crippen molar-refractivity contribution >= 4 is 44.1 Å². The van der Waals surface area contributed by atoms with Gasteiger partial charge in [-0.25, -0.2) is 9.78 Å². The molecule has 8 heteroatoms. The van der Waals surface area contributed by atoms with E-state index in [4.69, 9.17) is 9.51 Å². The molecule has 31 heavy (non-hydrogen) atoms. The van der Waals surface area contributed by atoms with Gasteiger partial charge < -0.3 is 9.84 Å². The first kappa shape index (κ1) is 19.3. The molecule has 2 aromatic carbocycles. The maximum absolute atomic E-state index is 12.6. The van der Waals surface area contributed by atoms with E-state index in [-0.39, 0.29) is 5.41 Å². The molecule has 0 saturated carbocycles. The molecule has 0 spiro atoms. The maximum Gasteiger partial charge on any atom is 0.324 e. The van der Waals surface area contributed by atoms with Gasteiger partial charge in [0.1, 0.15) is 5.76 Å². The number of carbonyl (C=O) groups excluding carboxylic acids is 1. The number of benzene rings is 2. The molecular weight excluding hydrogens is 410 g/mol. The van der Waals surface area contributed by atoms with E-state index in [9.17, 15) is 4.79 Å². The quantitative estimate of drug-likeness (QED) is 0.359. The van der Waals surface area contributed by atoms with Crippen molar-refractivity contribution in [3.63, 3.8) is 0 Å². The van der Waals surface area contributed by atoms with Crippen molar-refractivity contribution in [2.45, 2.75) is 26.2 Å². The number of para-hydroxylation sites is 2. The van der Waals surface area contributed by atoms with Crippen LogP contribution in [0, 0.1) is 0 Å². The third-order valence-electron chi connectivity index (χ3n) is 4.94. The zero-order valence-electron chi connectivity index (χ0n) is 17.3. The number of hydrogen-bond donors (Lipinski definition) is 2. The van der Waals surface area contributed by atoms with E-state index in [1.807, 2.05) is 63.4 Å². The van der Waals surface area contributed by atoms with Crippen LogP contribution in [0.3, 0.4) is 0 Å².